The number of aliphatic imine (C=N–C) groups is 1. The van der Waals surface area contributed by atoms with Crippen LogP contribution in [0.2, 0.25) is 5.02 Å². The number of hydrogen-bond donors (Lipinski definition) is 0. The summed E-state index contributed by atoms with van der Waals surface area (Å²) in [6, 6.07) is 15.5. The van der Waals surface area contributed by atoms with Gasteiger partial charge >= 0.3 is 5.97 Å². The van der Waals surface area contributed by atoms with E-state index in [0.29, 0.717) is 39.8 Å². The second kappa shape index (κ2) is 10.9. The van der Waals surface area contributed by atoms with Gasteiger partial charge in [-0.05, 0) is 67.4 Å². The summed E-state index contributed by atoms with van der Waals surface area (Å²) in [5.41, 5.74) is 2.43. The molecule has 0 aromatic heterocycles. The number of nitro benzene ring substituents is 1. The number of carbonyl (C=O) groups excluding carboxylic acids is 1. The molecule has 0 unspecified atom stereocenters. The van der Waals surface area contributed by atoms with Crippen LogP contribution in [0.25, 0.3) is 6.08 Å². The molecule has 36 heavy (non-hydrogen) atoms. The number of ether oxygens (including phenoxy) is 3. The molecule has 0 atom stereocenters. The van der Waals surface area contributed by atoms with Crippen molar-refractivity contribution in [2.45, 2.75) is 20.5 Å². The van der Waals surface area contributed by atoms with Crippen molar-refractivity contribution in [2.75, 3.05) is 6.61 Å². The number of esters is 1. The summed E-state index contributed by atoms with van der Waals surface area (Å²) in [4.78, 5) is 27.3. The van der Waals surface area contributed by atoms with Gasteiger partial charge in [-0.15, -0.1) is 0 Å². The van der Waals surface area contributed by atoms with Crippen LogP contribution in [-0.4, -0.2) is 23.4 Å². The average Bonchev–Trinajstić information content (AvgIpc) is 3.18. The van der Waals surface area contributed by atoms with Gasteiger partial charge in [0.2, 0.25) is 5.90 Å². The van der Waals surface area contributed by atoms with Gasteiger partial charge < -0.3 is 14.2 Å². The van der Waals surface area contributed by atoms with Gasteiger partial charge in [0.1, 0.15) is 6.61 Å². The summed E-state index contributed by atoms with van der Waals surface area (Å²) in [5, 5.41) is 11.4. The normalized spacial score (nSPS) is 13.9. The number of nitro groups is 1. The average molecular weight is 572 g/mol. The Morgan fingerprint density at radius 3 is 2.67 bits per heavy atom. The lowest BCUT2D eigenvalue weighted by Crippen LogP contribution is -2.06. The third-order valence-corrected chi connectivity index (χ3v) is 5.94. The first-order valence-electron chi connectivity index (χ1n) is 10.9. The highest BCUT2D eigenvalue weighted by Gasteiger charge is 2.26. The fourth-order valence-electron chi connectivity index (χ4n) is 3.54. The second-order valence-corrected chi connectivity index (χ2v) is 9.10. The Hall–Kier alpha value is -3.69. The molecule has 3 aromatic rings. The van der Waals surface area contributed by atoms with E-state index in [4.69, 9.17) is 25.8 Å². The maximum Gasteiger partial charge on any atom is 0.363 e. The predicted octanol–water partition coefficient (Wildman–Crippen LogP) is 6.64. The van der Waals surface area contributed by atoms with Crippen LogP contribution in [0.3, 0.4) is 0 Å². The smallest absolute Gasteiger partial charge is 0.363 e. The Bertz CT molecular complexity index is 1420. The maximum atomic E-state index is 12.5. The molecule has 0 fully saturated rings. The molecule has 10 heteroatoms. The molecule has 0 saturated heterocycles. The van der Waals surface area contributed by atoms with E-state index in [1.807, 2.05) is 31.2 Å². The van der Waals surface area contributed by atoms with E-state index in [2.05, 4.69) is 20.9 Å². The molecule has 0 bridgehead atoms. The number of benzene rings is 3. The van der Waals surface area contributed by atoms with Crippen LogP contribution < -0.4 is 9.47 Å². The zero-order chi connectivity index (χ0) is 25.8. The number of rotatable bonds is 8. The predicted molar refractivity (Wildman–Crippen MR) is 140 cm³/mol. The number of cyclic esters (lactones) is 1. The van der Waals surface area contributed by atoms with Gasteiger partial charge in [-0.2, -0.15) is 0 Å². The Balaban J connectivity index is 1.61. The molecular weight excluding hydrogens is 552 g/mol. The van der Waals surface area contributed by atoms with Crippen LogP contribution in [0.15, 0.2) is 69.8 Å². The third kappa shape index (κ3) is 5.75. The van der Waals surface area contributed by atoms with E-state index >= 15 is 0 Å². The van der Waals surface area contributed by atoms with Gasteiger partial charge in [0, 0.05) is 21.7 Å². The van der Waals surface area contributed by atoms with E-state index in [9.17, 15) is 14.9 Å². The summed E-state index contributed by atoms with van der Waals surface area (Å²) in [5.74, 6) is 0.230. The molecule has 1 aliphatic heterocycles. The first-order chi connectivity index (χ1) is 17.2. The summed E-state index contributed by atoms with van der Waals surface area (Å²) in [6.07, 6.45) is 1.53. The molecule has 0 N–H and O–H groups in total. The lowest BCUT2D eigenvalue weighted by molar-refractivity contribution is -0.385. The fraction of sp³-hybridized carbons (Fsp3) is 0.154. The number of hydrogen-bond acceptors (Lipinski definition) is 7. The topological polar surface area (TPSA) is 100 Å². The summed E-state index contributed by atoms with van der Waals surface area (Å²) < 4.78 is 17.9. The first-order valence-corrected chi connectivity index (χ1v) is 12.0. The Labute approximate surface area is 220 Å². The molecule has 0 amide bonds. The zero-order valence-electron chi connectivity index (χ0n) is 19.3. The van der Waals surface area contributed by atoms with Crippen molar-refractivity contribution in [2.24, 2.45) is 4.99 Å². The van der Waals surface area contributed by atoms with Crippen molar-refractivity contribution in [1.82, 2.24) is 0 Å². The molecule has 184 valence electrons. The molecule has 1 aliphatic rings. The Kier molecular flexibility index (Phi) is 7.71. The molecule has 0 radical (unpaired) electrons. The van der Waals surface area contributed by atoms with Crippen LogP contribution >= 0.6 is 27.5 Å². The standard InChI is InChI=1S/C26H20BrClN2O6/c1-3-34-23-13-17(11-20(28)24(23)35-14-16-5-4-6-19(27)10-16)12-21-26(31)36-25(29-21)18-7-8-22(30(32)33)15(2)9-18/h4-13H,3,14H2,1-2H3/b21-12-. The van der Waals surface area contributed by atoms with Crippen LogP contribution in [0, 0.1) is 17.0 Å². The Morgan fingerprint density at radius 1 is 1.17 bits per heavy atom. The lowest BCUT2D eigenvalue weighted by Gasteiger charge is -2.14. The van der Waals surface area contributed by atoms with E-state index in [1.54, 1.807) is 25.1 Å². The van der Waals surface area contributed by atoms with E-state index in [0.717, 1.165) is 10.0 Å². The summed E-state index contributed by atoms with van der Waals surface area (Å²) >= 11 is 9.96. The maximum absolute atomic E-state index is 12.5. The minimum Gasteiger partial charge on any atom is -0.490 e. The number of nitrogens with zero attached hydrogens (tertiary/aromatic N) is 2. The molecule has 4 rings (SSSR count). The quantitative estimate of drug-likeness (QED) is 0.130. The highest BCUT2D eigenvalue weighted by Crippen LogP contribution is 2.38. The zero-order valence-corrected chi connectivity index (χ0v) is 21.6. The van der Waals surface area contributed by atoms with Crippen LogP contribution in [0.4, 0.5) is 5.69 Å². The van der Waals surface area contributed by atoms with E-state index in [-0.39, 0.29) is 23.9 Å². The van der Waals surface area contributed by atoms with Gasteiger partial charge in [0.25, 0.3) is 5.69 Å². The van der Waals surface area contributed by atoms with E-state index in [1.165, 1.54) is 18.2 Å². The number of carbonyl (C=O) groups is 1. The van der Waals surface area contributed by atoms with Gasteiger partial charge in [0.15, 0.2) is 17.2 Å². The van der Waals surface area contributed by atoms with Crippen molar-refractivity contribution < 1.29 is 23.9 Å². The first kappa shape index (κ1) is 25.4. The molecule has 3 aromatic carbocycles. The van der Waals surface area contributed by atoms with Crippen molar-refractivity contribution in [3.63, 3.8) is 0 Å². The van der Waals surface area contributed by atoms with Gasteiger partial charge in [-0.1, -0.05) is 39.7 Å². The van der Waals surface area contributed by atoms with Gasteiger partial charge in [0.05, 0.1) is 16.6 Å². The highest BCUT2D eigenvalue weighted by molar-refractivity contribution is 9.10. The molecule has 0 saturated carbocycles. The van der Waals surface area contributed by atoms with Crippen molar-refractivity contribution >= 4 is 51.2 Å². The number of aryl methyl sites for hydroxylation is 1. The highest BCUT2D eigenvalue weighted by atomic mass is 79.9. The van der Waals surface area contributed by atoms with E-state index < -0.39 is 10.9 Å². The molecule has 0 spiro atoms. The number of halogens is 2. The minimum absolute atomic E-state index is 0.0280. The summed E-state index contributed by atoms with van der Waals surface area (Å²) in [7, 11) is 0. The Morgan fingerprint density at radius 2 is 1.97 bits per heavy atom. The molecule has 0 aliphatic carbocycles. The lowest BCUT2D eigenvalue weighted by atomic mass is 10.1. The van der Waals surface area contributed by atoms with Crippen LogP contribution in [0.5, 0.6) is 11.5 Å². The van der Waals surface area contributed by atoms with Crippen molar-refractivity contribution in [3.05, 3.63) is 102 Å². The molecular formula is C26H20BrClN2O6. The van der Waals surface area contributed by atoms with Gasteiger partial charge in [-0.25, -0.2) is 9.79 Å². The van der Waals surface area contributed by atoms with Crippen molar-refractivity contribution in [1.29, 1.82) is 0 Å². The fourth-order valence-corrected chi connectivity index (χ4v) is 4.26. The van der Waals surface area contributed by atoms with Crippen molar-refractivity contribution in [3.8, 4) is 11.5 Å². The largest absolute Gasteiger partial charge is 0.490 e. The third-order valence-electron chi connectivity index (χ3n) is 5.17. The molecule has 1 heterocycles. The second-order valence-electron chi connectivity index (χ2n) is 7.78. The van der Waals surface area contributed by atoms with Gasteiger partial charge in [-0.3, -0.25) is 10.1 Å². The monoisotopic (exact) mass is 570 g/mol. The minimum atomic E-state index is -0.648. The summed E-state index contributed by atoms with van der Waals surface area (Å²) in [6.45, 7) is 4.11. The van der Waals surface area contributed by atoms with Crippen LogP contribution in [0.1, 0.15) is 29.2 Å². The molecule has 8 nitrogen and oxygen atoms in total. The SMILES string of the molecule is CCOc1cc(/C=C2\N=C(c3ccc([N+](=O)[O-])c(C)c3)OC2=O)cc(Cl)c1OCc1cccc(Br)c1. The van der Waals surface area contributed by atoms with Crippen LogP contribution in [-0.2, 0) is 16.1 Å².